The summed E-state index contributed by atoms with van der Waals surface area (Å²) in [5.41, 5.74) is 0.653. The molecule has 0 spiro atoms. The van der Waals surface area contributed by atoms with Gasteiger partial charge in [-0.05, 0) is 32.8 Å². The molecule has 2 aromatic rings. The van der Waals surface area contributed by atoms with Gasteiger partial charge in [-0.2, -0.15) is 10.4 Å². The van der Waals surface area contributed by atoms with Crippen molar-refractivity contribution in [1.29, 1.82) is 5.26 Å². The molecule has 3 rings (SSSR count). The van der Waals surface area contributed by atoms with Crippen molar-refractivity contribution >= 4 is 10.9 Å². The van der Waals surface area contributed by atoms with Gasteiger partial charge in [0.2, 0.25) is 0 Å². The van der Waals surface area contributed by atoms with Crippen molar-refractivity contribution in [3.05, 3.63) is 30.5 Å². The van der Waals surface area contributed by atoms with Crippen LogP contribution in [0.1, 0.15) is 39.2 Å². The summed E-state index contributed by atoms with van der Waals surface area (Å²) < 4.78 is 2.03. The molecule has 4 nitrogen and oxygen atoms in total. The van der Waals surface area contributed by atoms with E-state index in [1.54, 1.807) is 0 Å². The summed E-state index contributed by atoms with van der Waals surface area (Å²) in [5, 5.41) is 18.6. The van der Waals surface area contributed by atoms with Crippen molar-refractivity contribution in [2.75, 3.05) is 0 Å². The van der Waals surface area contributed by atoms with E-state index in [0.717, 1.165) is 17.3 Å². The molecule has 1 aromatic heterocycles. The van der Waals surface area contributed by atoms with Gasteiger partial charge in [0.05, 0.1) is 23.8 Å². The first kappa shape index (κ1) is 13.1. The van der Waals surface area contributed by atoms with Gasteiger partial charge in [-0.15, -0.1) is 0 Å². The van der Waals surface area contributed by atoms with E-state index in [1.165, 1.54) is 12.8 Å². The van der Waals surface area contributed by atoms with Crippen LogP contribution in [0.3, 0.4) is 0 Å². The lowest BCUT2D eigenvalue weighted by atomic mass is 9.95. The summed E-state index contributed by atoms with van der Waals surface area (Å²) in [6, 6.07) is 11.3. The standard InChI is InChI=1S/C16H20N4/c1-12(9-16(2,11-17)19-14-7-8-14)20-15-6-4-3-5-13(15)10-18-20/h3-6,10,12,14,19H,7-9H2,1-2H3. The van der Waals surface area contributed by atoms with E-state index in [9.17, 15) is 5.26 Å². The Kier molecular flexibility index (Phi) is 3.23. The number of hydrogen-bond acceptors (Lipinski definition) is 3. The topological polar surface area (TPSA) is 53.6 Å². The highest BCUT2D eigenvalue weighted by Gasteiger charge is 2.34. The maximum atomic E-state index is 9.48. The van der Waals surface area contributed by atoms with Crippen LogP contribution in [-0.2, 0) is 0 Å². The fourth-order valence-electron chi connectivity index (χ4n) is 2.84. The Labute approximate surface area is 119 Å². The Bertz CT molecular complexity index is 650. The second kappa shape index (κ2) is 4.92. The van der Waals surface area contributed by atoms with Crippen LogP contribution in [0.15, 0.2) is 30.5 Å². The van der Waals surface area contributed by atoms with Crippen LogP contribution in [-0.4, -0.2) is 21.4 Å². The zero-order chi connectivity index (χ0) is 14.2. The average Bonchev–Trinajstić information content (AvgIpc) is 3.14. The Morgan fingerprint density at radius 2 is 2.25 bits per heavy atom. The van der Waals surface area contributed by atoms with Crippen molar-refractivity contribution < 1.29 is 0 Å². The minimum Gasteiger partial charge on any atom is -0.297 e. The van der Waals surface area contributed by atoms with Crippen LogP contribution < -0.4 is 5.32 Å². The molecule has 0 radical (unpaired) electrons. The zero-order valence-corrected chi connectivity index (χ0v) is 12.0. The minimum atomic E-state index is -0.479. The van der Waals surface area contributed by atoms with E-state index in [-0.39, 0.29) is 6.04 Å². The van der Waals surface area contributed by atoms with Gasteiger partial charge in [-0.3, -0.25) is 10.00 Å². The van der Waals surface area contributed by atoms with E-state index < -0.39 is 5.54 Å². The van der Waals surface area contributed by atoms with Crippen molar-refractivity contribution in [3.63, 3.8) is 0 Å². The highest BCUT2D eigenvalue weighted by molar-refractivity contribution is 5.78. The number of rotatable bonds is 5. The molecule has 1 N–H and O–H groups in total. The van der Waals surface area contributed by atoms with Crippen molar-refractivity contribution in [2.24, 2.45) is 0 Å². The summed E-state index contributed by atoms with van der Waals surface area (Å²) >= 11 is 0. The van der Waals surface area contributed by atoms with E-state index in [4.69, 9.17) is 0 Å². The summed E-state index contributed by atoms with van der Waals surface area (Å²) in [6.07, 6.45) is 5.03. The minimum absolute atomic E-state index is 0.186. The van der Waals surface area contributed by atoms with Gasteiger partial charge >= 0.3 is 0 Å². The van der Waals surface area contributed by atoms with Gasteiger partial charge in [0.1, 0.15) is 5.54 Å². The fraction of sp³-hybridized carbons (Fsp3) is 0.500. The molecule has 1 aliphatic carbocycles. The highest BCUT2D eigenvalue weighted by Crippen LogP contribution is 2.28. The van der Waals surface area contributed by atoms with Crippen LogP contribution in [0.4, 0.5) is 0 Å². The lowest BCUT2D eigenvalue weighted by molar-refractivity contribution is 0.335. The average molecular weight is 268 g/mol. The monoisotopic (exact) mass is 268 g/mol. The number of benzene rings is 1. The molecular weight excluding hydrogens is 248 g/mol. The summed E-state index contributed by atoms with van der Waals surface area (Å²) in [5.74, 6) is 0. The third-order valence-corrected chi connectivity index (χ3v) is 3.97. The van der Waals surface area contributed by atoms with E-state index in [2.05, 4.69) is 35.5 Å². The van der Waals surface area contributed by atoms with E-state index in [0.29, 0.717) is 6.04 Å². The van der Waals surface area contributed by atoms with Crippen molar-refractivity contribution in [1.82, 2.24) is 15.1 Å². The highest BCUT2D eigenvalue weighted by atomic mass is 15.3. The number of para-hydroxylation sites is 1. The van der Waals surface area contributed by atoms with E-state index >= 15 is 0 Å². The SMILES string of the molecule is CC(CC(C)(C#N)NC1CC1)n1ncc2ccccc21. The third-order valence-electron chi connectivity index (χ3n) is 3.97. The number of nitrogens with zero attached hydrogens (tertiary/aromatic N) is 3. The fourth-order valence-corrected chi connectivity index (χ4v) is 2.84. The first-order valence-electron chi connectivity index (χ1n) is 7.22. The quantitative estimate of drug-likeness (QED) is 0.907. The first-order valence-corrected chi connectivity index (χ1v) is 7.22. The second-order valence-electron chi connectivity index (χ2n) is 6.06. The molecule has 1 heterocycles. The van der Waals surface area contributed by atoms with Gasteiger partial charge in [-0.25, -0.2) is 0 Å². The molecule has 0 aliphatic heterocycles. The number of aromatic nitrogens is 2. The molecule has 1 fully saturated rings. The lowest BCUT2D eigenvalue weighted by Crippen LogP contribution is -2.44. The molecule has 104 valence electrons. The van der Waals surface area contributed by atoms with Gasteiger partial charge in [0, 0.05) is 17.8 Å². The molecular formula is C16H20N4. The first-order chi connectivity index (χ1) is 9.61. The molecule has 0 bridgehead atoms. The van der Waals surface area contributed by atoms with Crippen LogP contribution >= 0.6 is 0 Å². The number of nitrogens with one attached hydrogen (secondary N) is 1. The van der Waals surface area contributed by atoms with Gasteiger partial charge in [0.25, 0.3) is 0 Å². The summed E-state index contributed by atoms with van der Waals surface area (Å²) in [4.78, 5) is 0. The Morgan fingerprint density at radius 1 is 1.50 bits per heavy atom. The van der Waals surface area contributed by atoms with Crippen LogP contribution in [0.5, 0.6) is 0 Å². The van der Waals surface area contributed by atoms with Gasteiger partial charge in [-0.1, -0.05) is 18.2 Å². The second-order valence-corrected chi connectivity index (χ2v) is 6.06. The number of hydrogen-bond donors (Lipinski definition) is 1. The molecule has 0 amide bonds. The normalized spacial score (nSPS) is 19.4. The van der Waals surface area contributed by atoms with Crippen molar-refractivity contribution in [3.8, 4) is 6.07 Å². The summed E-state index contributed by atoms with van der Waals surface area (Å²) in [6.45, 7) is 4.12. The van der Waals surface area contributed by atoms with Crippen molar-refractivity contribution in [2.45, 2.75) is 50.7 Å². The molecule has 2 atom stereocenters. The van der Waals surface area contributed by atoms with Crippen LogP contribution in [0, 0.1) is 11.3 Å². The third kappa shape index (κ3) is 2.54. The van der Waals surface area contributed by atoms with Gasteiger partial charge < -0.3 is 0 Å². The number of fused-ring (bicyclic) bond motifs is 1. The van der Waals surface area contributed by atoms with Crippen LogP contribution in [0.2, 0.25) is 0 Å². The predicted molar refractivity (Wildman–Crippen MR) is 79.2 cm³/mol. The zero-order valence-electron chi connectivity index (χ0n) is 12.0. The molecule has 1 aliphatic rings. The maximum Gasteiger partial charge on any atom is 0.106 e. The van der Waals surface area contributed by atoms with E-state index in [1.807, 2.05) is 29.9 Å². The molecule has 1 aromatic carbocycles. The molecule has 20 heavy (non-hydrogen) atoms. The smallest absolute Gasteiger partial charge is 0.106 e. The Balaban J connectivity index is 1.81. The predicted octanol–water partition coefficient (Wildman–Crippen LogP) is 3.02. The molecule has 2 unspecified atom stereocenters. The number of nitriles is 1. The largest absolute Gasteiger partial charge is 0.297 e. The van der Waals surface area contributed by atoms with Crippen LogP contribution in [0.25, 0.3) is 10.9 Å². The Morgan fingerprint density at radius 3 is 2.95 bits per heavy atom. The molecule has 4 heteroatoms. The molecule has 0 saturated heterocycles. The van der Waals surface area contributed by atoms with Gasteiger partial charge in [0.15, 0.2) is 0 Å². The Hall–Kier alpha value is -1.86. The molecule has 1 saturated carbocycles. The maximum absolute atomic E-state index is 9.48. The lowest BCUT2D eigenvalue weighted by Gasteiger charge is -2.27. The summed E-state index contributed by atoms with van der Waals surface area (Å²) in [7, 11) is 0.